The molecule has 0 aliphatic carbocycles. The van der Waals surface area contributed by atoms with Crippen molar-refractivity contribution in [1.29, 1.82) is 0 Å². The summed E-state index contributed by atoms with van der Waals surface area (Å²) in [6.07, 6.45) is 1.56. The zero-order valence-electron chi connectivity index (χ0n) is 14.2. The normalized spacial score (nSPS) is 19.3. The number of urea groups is 1. The molecule has 3 heterocycles. The third kappa shape index (κ3) is 3.34. The average Bonchev–Trinajstić information content (AvgIpc) is 3.24. The van der Waals surface area contributed by atoms with Crippen molar-refractivity contribution in [2.75, 3.05) is 31.2 Å². The Kier molecular flexibility index (Phi) is 4.45. The molecule has 0 bridgehead atoms. The minimum Gasteiger partial charge on any atom is -0.441 e. The van der Waals surface area contributed by atoms with Gasteiger partial charge in [0.15, 0.2) is 5.88 Å². The number of ether oxygens (including phenoxy) is 1. The van der Waals surface area contributed by atoms with E-state index >= 15 is 0 Å². The number of morpholine rings is 1. The lowest BCUT2D eigenvalue weighted by molar-refractivity contribution is -0.123. The van der Waals surface area contributed by atoms with E-state index in [1.165, 1.54) is 4.90 Å². The van der Waals surface area contributed by atoms with Crippen molar-refractivity contribution in [1.82, 2.24) is 10.2 Å². The maximum absolute atomic E-state index is 12.5. The predicted molar refractivity (Wildman–Crippen MR) is 95.2 cm³/mol. The first-order valence-corrected chi connectivity index (χ1v) is 8.52. The minimum atomic E-state index is -0.426. The summed E-state index contributed by atoms with van der Waals surface area (Å²) in [6.45, 7) is 3.11. The molecule has 0 radical (unpaired) electrons. The number of hydrogen-bond acceptors (Lipinski definition) is 5. The number of imide groups is 1. The van der Waals surface area contributed by atoms with Crippen molar-refractivity contribution in [2.45, 2.75) is 6.54 Å². The van der Waals surface area contributed by atoms with Crippen LogP contribution >= 0.6 is 0 Å². The lowest BCUT2D eigenvalue weighted by atomic mass is 10.2. The molecule has 1 N–H and O–H groups in total. The molecule has 2 fully saturated rings. The van der Waals surface area contributed by atoms with Gasteiger partial charge in [-0.1, -0.05) is 30.3 Å². The van der Waals surface area contributed by atoms with Gasteiger partial charge in [-0.2, -0.15) is 0 Å². The summed E-state index contributed by atoms with van der Waals surface area (Å²) >= 11 is 0. The van der Waals surface area contributed by atoms with Crippen LogP contribution in [0.15, 0.2) is 52.6 Å². The van der Waals surface area contributed by atoms with Crippen LogP contribution in [0.3, 0.4) is 0 Å². The molecule has 0 unspecified atom stereocenters. The number of rotatable bonds is 4. The number of carbonyl (C=O) groups is 2. The Morgan fingerprint density at radius 2 is 1.81 bits per heavy atom. The summed E-state index contributed by atoms with van der Waals surface area (Å²) in [5, 5.41) is 2.62. The number of nitrogens with zero attached hydrogens (tertiary/aromatic N) is 2. The van der Waals surface area contributed by atoms with E-state index in [1.807, 2.05) is 36.4 Å². The van der Waals surface area contributed by atoms with Gasteiger partial charge < -0.3 is 19.4 Å². The molecule has 2 aliphatic heterocycles. The van der Waals surface area contributed by atoms with Gasteiger partial charge in [0, 0.05) is 25.2 Å². The number of benzene rings is 1. The lowest BCUT2D eigenvalue weighted by Crippen LogP contribution is -2.35. The molecule has 2 saturated heterocycles. The quantitative estimate of drug-likeness (QED) is 0.674. The first-order chi connectivity index (χ1) is 12.7. The fourth-order valence-corrected chi connectivity index (χ4v) is 3.00. The summed E-state index contributed by atoms with van der Waals surface area (Å²) in [4.78, 5) is 28.0. The van der Waals surface area contributed by atoms with Crippen LogP contribution in [0.4, 0.5) is 10.7 Å². The van der Waals surface area contributed by atoms with Crippen LogP contribution in [0, 0.1) is 0 Å². The van der Waals surface area contributed by atoms with E-state index in [2.05, 4.69) is 10.2 Å². The van der Waals surface area contributed by atoms with Gasteiger partial charge in [-0.05, 0) is 11.6 Å². The van der Waals surface area contributed by atoms with E-state index in [1.54, 1.807) is 12.1 Å². The van der Waals surface area contributed by atoms with E-state index in [0.717, 1.165) is 24.5 Å². The highest BCUT2D eigenvalue weighted by Gasteiger charge is 2.33. The van der Waals surface area contributed by atoms with Crippen LogP contribution < -0.4 is 10.2 Å². The largest absolute Gasteiger partial charge is 0.441 e. The van der Waals surface area contributed by atoms with Crippen molar-refractivity contribution in [3.05, 3.63) is 59.5 Å². The molecule has 1 aromatic carbocycles. The highest BCUT2D eigenvalue weighted by molar-refractivity contribution is 6.13. The number of furan rings is 1. The van der Waals surface area contributed by atoms with E-state index in [0.29, 0.717) is 19.0 Å². The SMILES string of the molecule is O=C1N/C(=C\c2ccc(N3CCOCC3)o2)C(=O)N1Cc1ccccc1. The van der Waals surface area contributed by atoms with Gasteiger partial charge in [-0.15, -0.1) is 0 Å². The maximum atomic E-state index is 12.5. The van der Waals surface area contributed by atoms with Crippen LogP contribution in [0.2, 0.25) is 0 Å². The Morgan fingerprint density at radius 3 is 2.58 bits per heavy atom. The summed E-state index contributed by atoms with van der Waals surface area (Å²) < 4.78 is 11.1. The molecule has 7 nitrogen and oxygen atoms in total. The van der Waals surface area contributed by atoms with Crippen molar-refractivity contribution in [3.8, 4) is 0 Å². The monoisotopic (exact) mass is 353 g/mol. The molecular formula is C19H19N3O4. The number of anilines is 1. The summed E-state index contributed by atoms with van der Waals surface area (Å²) in [5.74, 6) is 0.901. The van der Waals surface area contributed by atoms with Gasteiger partial charge in [0.05, 0.1) is 19.8 Å². The first-order valence-electron chi connectivity index (χ1n) is 8.52. The maximum Gasteiger partial charge on any atom is 0.329 e. The number of nitrogens with one attached hydrogen (secondary N) is 1. The van der Waals surface area contributed by atoms with Crippen LogP contribution in [0.1, 0.15) is 11.3 Å². The van der Waals surface area contributed by atoms with Gasteiger partial charge in [-0.3, -0.25) is 9.69 Å². The summed E-state index contributed by atoms with van der Waals surface area (Å²) in [7, 11) is 0. The van der Waals surface area contributed by atoms with Gasteiger partial charge >= 0.3 is 6.03 Å². The third-order valence-electron chi connectivity index (χ3n) is 4.37. The van der Waals surface area contributed by atoms with Crippen molar-refractivity contribution >= 4 is 23.9 Å². The molecular weight excluding hydrogens is 334 g/mol. The Labute approximate surface area is 150 Å². The fourth-order valence-electron chi connectivity index (χ4n) is 3.00. The second-order valence-electron chi connectivity index (χ2n) is 6.14. The number of carbonyl (C=O) groups excluding carboxylic acids is 2. The second-order valence-corrected chi connectivity index (χ2v) is 6.14. The van der Waals surface area contributed by atoms with Crippen molar-refractivity contribution in [2.24, 2.45) is 0 Å². The first kappa shape index (κ1) is 16.4. The van der Waals surface area contributed by atoms with E-state index in [9.17, 15) is 9.59 Å². The highest BCUT2D eigenvalue weighted by Crippen LogP contribution is 2.23. The molecule has 2 aliphatic rings. The Bertz CT molecular complexity index is 837. The fraction of sp³-hybridized carbons (Fsp3) is 0.263. The molecule has 1 aromatic heterocycles. The van der Waals surface area contributed by atoms with Gasteiger partial charge in [0.2, 0.25) is 0 Å². The Balaban J connectivity index is 1.48. The van der Waals surface area contributed by atoms with E-state index in [4.69, 9.17) is 9.15 Å². The molecule has 0 saturated carbocycles. The molecule has 26 heavy (non-hydrogen) atoms. The van der Waals surface area contributed by atoms with Gasteiger partial charge in [-0.25, -0.2) is 4.79 Å². The van der Waals surface area contributed by atoms with E-state index in [-0.39, 0.29) is 18.1 Å². The molecule has 134 valence electrons. The van der Waals surface area contributed by atoms with Crippen LogP contribution in [-0.4, -0.2) is 43.1 Å². The second kappa shape index (κ2) is 7.05. The number of amides is 3. The minimum absolute atomic E-state index is 0.216. The van der Waals surface area contributed by atoms with Crippen LogP contribution in [0.25, 0.3) is 6.08 Å². The van der Waals surface area contributed by atoms with Gasteiger partial charge in [0.1, 0.15) is 11.5 Å². The molecule has 7 heteroatoms. The highest BCUT2D eigenvalue weighted by atomic mass is 16.5. The van der Waals surface area contributed by atoms with Crippen LogP contribution in [0.5, 0.6) is 0 Å². The zero-order valence-corrected chi connectivity index (χ0v) is 14.2. The van der Waals surface area contributed by atoms with E-state index < -0.39 is 6.03 Å². The predicted octanol–water partition coefficient (Wildman–Crippen LogP) is 2.21. The lowest BCUT2D eigenvalue weighted by Gasteiger charge is -2.26. The molecule has 4 rings (SSSR count). The average molecular weight is 353 g/mol. The summed E-state index contributed by atoms with van der Waals surface area (Å²) in [5.41, 5.74) is 1.11. The molecule has 3 amide bonds. The smallest absolute Gasteiger partial charge is 0.329 e. The molecule has 0 spiro atoms. The topological polar surface area (TPSA) is 75.0 Å². The Hall–Kier alpha value is -3.06. The van der Waals surface area contributed by atoms with Crippen LogP contribution in [-0.2, 0) is 16.1 Å². The molecule has 2 aromatic rings. The molecule has 0 atom stereocenters. The van der Waals surface area contributed by atoms with Crippen molar-refractivity contribution in [3.63, 3.8) is 0 Å². The third-order valence-corrected chi connectivity index (χ3v) is 4.37. The van der Waals surface area contributed by atoms with Crippen molar-refractivity contribution < 1.29 is 18.7 Å². The van der Waals surface area contributed by atoms with Gasteiger partial charge in [0.25, 0.3) is 5.91 Å². The Morgan fingerprint density at radius 1 is 1.04 bits per heavy atom. The zero-order chi connectivity index (χ0) is 17.9. The summed E-state index contributed by atoms with van der Waals surface area (Å²) in [6, 6.07) is 12.6. The number of hydrogen-bond donors (Lipinski definition) is 1. The standard InChI is InChI=1S/C19H19N3O4/c23-18-16(20-19(24)22(18)13-14-4-2-1-3-5-14)12-15-6-7-17(26-15)21-8-10-25-11-9-21/h1-7,12H,8-11,13H2,(H,20,24)/b16-12-.